The molecule has 0 bridgehead atoms. The minimum atomic E-state index is 0.742. The van der Waals surface area contributed by atoms with E-state index in [9.17, 15) is 0 Å². The molecule has 3 heteroatoms. The van der Waals surface area contributed by atoms with Gasteiger partial charge in [0.2, 0.25) is 0 Å². The molecule has 0 aromatic heterocycles. The zero-order valence-corrected chi connectivity index (χ0v) is 12.1. The van der Waals surface area contributed by atoms with Crippen molar-refractivity contribution in [2.45, 2.75) is 32.1 Å². The summed E-state index contributed by atoms with van der Waals surface area (Å²) in [5.41, 5.74) is 1.35. The zero-order valence-electron chi connectivity index (χ0n) is 11.3. The summed E-state index contributed by atoms with van der Waals surface area (Å²) in [6.07, 6.45) is 6.37. The van der Waals surface area contributed by atoms with Crippen molar-refractivity contribution in [3.8, 4) is 5.75 Å². The molecule has 1 aromatic carbocycles. The molecule has 19 heavy (non-hydrogen) atoms. The van der Waals surface area contributed by atoms with E-state index in [1.165, 1.54) is 37.8 Å². The first-order valence-corrected chi connectivity index (χ1v) is 7.81. The van der Waals surface area contributed by atoms with Crippen molar-refractivity contribution in [3.63, 3.8) is 0 Å². The van der Waals surface area contributed by atoms with Crippen LogP contribution in [0, 0.1) is 11.8 Å². The number of hydrogen-bond acceptors (Lipinski definition) is 2. The average Bonchev–Trinajstić information content (AvgIpc) is 3.25. The van der Waals surface area contributed by atoms with Crippen molar-refractivity contribution in [1.82, 2.24) is 5.32 Å². The van der Waals surface area contributed by atoms with Gasteiger partial charge >= 0.3 is 0 Å². The minimum absolute atomic E-state index is 0.742. The van der Waals surface area contributed by atoms with Crippen molar-refractivity contribution in [2.24, 2.45) is 11.8 Å². The summed E-state index contributed by atoms with van der Waals surface area (Å²) in [6.45, 7) is 3.14. The lowest BCUT2D eigenvalue weighted by molar-refractivity contribution is 0.299. The molecule has 104 valence electrons. The molecule has 0 spiro atoms. The molecular weight excluding hydrogens is 258 g/mol. The van der Waals surface area contributed by atoms with Crippen LogP contribution in [-0.2, 0) is 6.42 Å². The Hall–Kier alpha value is -0.730. The van der Waals surface area contributed by atoms with Crippen LogP contribution in [0.1, 0.15) is 31.2 Å². The van der Waals surface area contributed by atoms with Gasteiger partial charge in [-0.1, -0.05) is 17.7 Å². The number of rotatable bonds is 5. The molecule has 1 unspecified atom stereocenters. The summed E-state index contributed by atoms with van der Waals surface area (Å²) in [4.78, 5) is 0. The molecule has 1 aliphatic carbocycles. The lowest BCUT2D eigenvalue weighted by Crippen LogP contribution is -2.30. The number of piperidine rings is 1. The third-order valence-electron chi connectivity index (χ3n) is 4.09. The first kappa shape index (κ1) is 13.3. The molecule has 1 saturated heterocycles. The van der Waals surface area contributed by atoms with Crippen molar-refractivity contribution < 1.29 is 4.74 Å². The van der Waals surface area contributed by atoms with Crippen LogP contribution in [0.3, 0.4) is 0 Å². The van der Waals surface area contributed by atoms with Crippen LogP contribution in [0.15, 0.2) is 18.2 Å². The topological polar surface area (TPSA) is 21.3 Å². The van der Waals surface area contributed by atoms with Gasteiger partial charge in [0.15, 0.2) is 0 Å². The second-order valence-corrected chi connectivity index (χ2v) is 6.34. The van der Waals surface area contributed by atoms with Crippen molar-refractivity contribution in [2.75, 3.05) is 19.7 Å². The second-order valence-electron chi connectivity index (χ2n) is 5.94. The van der Waals surface area contributed by atoms with E-state index < -0.39 is 0 Å². The van der Waals surface area contributed by atoms with Crippen LogP contribution in [-0.4, -0.2) is 19.7 Å². The quantitative estimate of drug-likeness (QED) is 0.888. The van der Waals surface area contributed by atoms with Crippen LogP contribution in [0.5, 0.6) is 5.75 Å². The van der Waals surface area contributed by atoms with Gasteiger partial charge in [-0.2, -0.15) is 0 Å². The number of ether oxygens (including phenoxy) is 1. The van der Waals surface area contributed by atoms with Crippen LogP contribution in [0.2, 0.25) is 5.02 Å². The first-order chi connectivity index (χ1) is 9.31. The summed E-state index contributed by atoms with van der Waals surface area (Å²) in [5.74, 6) is 2.39. The standard InChI is InChI=1S/C16H22ClNO/c17-15-6-5-13(8-14-2-1-7-18-10-14)9-16(15)19-11-12-3-4-12/h5-6,9,12,14,18H,1-4,7-8,10-11H2. The van der Waals surface area contributed by atoms with Crippen LogP contribution in [0.4, 0.5) is 0 Å². The summed E-state index contributed by atoms with van der Waals surface area (Å²) in [5, 5.41) is 4.21. The summed E-state index contributed by atoms with van der Waals surface area (Å²) in [6, 6.07) is 6.26. The normalized spacial score (nSPS) is 23.3. The molecule has 2 fully saturated rings. The van der Waals surface area contributed by atoms with E-state index in [1.54, 1.807) is 0 Å². The molecule has 0 amide bonds. The number of nitrogens with one attached hydrogen (secondary N) is 1. The molecular formula is C16H22ClNO. The summed E-state index contributed by atoms with van der Waals surface area (Å²) >= 11 is 6.21. The molecule has 1 saturated carbocycles. The maximum absolute atomic E-state index is 6.21. The van der Waals surface area contributed by atoms with E-state index in [4.69, 9.17) is 16.3 Å². The lowest BCUT2D eigenvalue weighted by Gasteiger charge is -2.23. The Morgan fingerprint density at radius 2 is 2.11 bits per heavy atom. The fourth-order valence-electron chi connectivity index (χ4n) is 2.71. The molecule has 2 aliphatic rings. The van der Waals surface area contributed by atoms with Gasteiger partial charge in [-0.05, 0) is 74.7 Å². The highest BCUT2D eigenvalue weighted by Gasteiger charge is 2.22. The Morgan fingerprint density at radius 1 is 1.21 bits per heavy atom. The Labute approximate surface area is 120 Å². The first-order valence-electron chi connectivity index (χ1n) is 7.43. The van der Waals surface area contributed by atoms with Crippen molar-refractivity contribution in [3.05, 3.63) is 28.8 Å². The van der Waals surface area contributed by atoms with E-state index in [1.807, 2.05) is 6.07 Å². The maximum Gasteiger partial charge on any atom is 0.138 e. The van der Waals surface area contributed by atoms with Gasteiger partial charge in [0.1, 0.15) is 5.75 Å². The Kier molecular flexibility index (Phi) is 4.29. The lowest BCUT2D eigenvalue weighted by atomic mass is 9.92. The van der Waals surface area contributed by atoms with Crippen LogP contribution < -0.4 is 10.1 Å². The third-order valence-corrected chi connectivity index (χ3v) is 4.40. The molecule has 1 aromatic rings. The van der Waals surface area contributed by atoms with Gasteiger partial charge < -0.3 is 10.1 Å². The van der Waals surface area contributed by atoms with Gasteiger partial charge in [-0.15, -0.1) is 0 Å². The largest absolute Gasteiger partial charge is 0.492 e. The number of benzene rings is 1. The predicted molar refractivity (Wildman–Crippen MR) is 79.0 cm³/mol. The summed E-state index contributed by atoms with van der Waals surface area (Å²) < 4.78 is 5.84. The predicted octanol–water partition coefficient (Wildman–Crippen LogP) is 3.67. The number of hydrogen-bond donors (Lipinski definition) is 1. The molecule has 3 rings (SSSR count). The Bertz CT molecular complexity index is 425. The van der Waals surface area contributed by atoms with Crippen LogP contribution in [0.25, 0.3) is 0 Å². The molecule has 1 N–H and O–H groups in total. The van der Waals surface area contributed by atoms with Crippen LogP contribution >= 0.6 is 11.6 Å². The van der Waals surface area contributed by atoms with E-state index >= 15 is 0 Å². The fourth-order valence-corrected chi connectivity index (χ4v) is 2.88. The summed E-state index contributed by atoms with van der Waals surface area (Å²) in [7, 11) is 0. The average molecular weight is 280 g/mol. The van der Waals surface area contributed by atoms with E-state index in [0.717, 1.165) is 42.2 Å². The smallest absolute Gasteiger partial charge is 0.138 e. The van der Waals surface area contributed by atoms with Gasteiger partial charge in [-0.25, -0.2) is 0 Å². The van der Waals surface area contributed by atoms with Crippen molar-refractivity contribution >= 4 is 11.6 Å². The monoisotopic (exact) mass is 279 g/mol. The van der Waals surface area contributed by atoms with E-state index in [2.05, 4.69) is 17.4 Å². The van der Waals surface area contributed by atoms with Gasteiger partial charge in [0.05, 0.1) is 11.6 Å². The number of halogens is 1. The van der Waals surface area contributed by atoms with E-state index in [0.29, 0.717) is 0 Å². The Balaban J connectivity index is 1.61. The Morgan fingerprint density at radius 3 is 2.84 bits per heavy atom. The zero-order chi connectivity index (χ0) is 13.1. The van der Waals surface area contributed by atoms with E-state index in [-0.39, 0.29) is 0 Å². The second kappa shape index (κ2) is 6.15. The fraction of sp³-hybridized carbons (Fsp3) is 0.625. The van der Waals surface area contributed by atoms with Crippen molar-refractivity contribution in [1.29, 1.82) is 0 Å². The van der Waals surface area contributed by atoms with Gasteiger partial charge in [-0.3, -0.25) is 0 Å². The molecule has 2 nitrogen and oxygen atoms in total. The maximum atomic E-state index is 6.21. The van der Waals surface area contributed by atoms with Gasteiger partial charge in [0.25, 0.3) is 0 Å². The highest BCUT2D eigenvalue weighted by molar-refractivity contribution is 6.32. The van der Waals surface area contributed by atoms with Gasteiger partial charge in [0, 0.05) is 0 Å². The minimum Gasteiger partial charge on any atom is -0.492 e. The molecule has 0 radical (unpaired) electrons. The molecule has 1 aliphatic heterocycles. The SMILES string of the molecule is Clc1ccc(CC2CCCNC2)cc1OCC1CC1. The molecule has 1 atom stereocenters. The highest BCUT2D eigenvalue weighted by Crippen LogP contribution is 2.32. The third kappa shape index (κ3) is 3.87. The highest BCUT2D eigenvalue weighted by atomic mass is 35.5. The molecule has 1 heterocycles.